The summed E-state index contributed by atoms with van der Waals surface area (Å²) in [6.07, 6.45) is 3.47. The van der Waals surface area contributed by atoms with Crippen LogP contribution >= 0.6 is 0 Å². The van der Waals surface area contributed by atoms with E-state index >= 15 is 0 Å². The van der Waals surface area contributed by atoms with Crippen LogP contribution in [-0.2, 0) is 0 Å². The molecule has 2 rings (SSSR count). The number of rotatable bonds is 4. The van der Waals surface area contributed by atoms with Gasteiger partial charge >= 0.3 is 0 Å². The van der Waals surface area contributed by atoms with Crippen molar-refractivity contribution in [3.8, 4) is 0 Å². The summed E-state index contributed by atoms with van der Waals surface area (Å²) in [4.78, 5) is 4.85. The third-order valence-corrected chi connectivity index (χ3v) is 4.31. The summed E-state index contributed by atoms with van der Waals surface area (Å²) in [7, 11) is 4.36. The summed E-state index contributed by atoms with van der Waals surface area (Å²) in [6, 6.07) is 9.51. The summed E-state index contributed by atoms with van der Waals surface area (Å²) in [5.74, 6) is 0. The van der Waals surface area contributed by atoms with E-state index in [0.29, 0.717) is 0 Å². The predicted octanol–water partition coefficient (Wildman–Crippen LogP) is 2.63. The Balaban J connectivity index is 2.11. The van der Waals surface area contributed by atoms with E-state index in [1.807, 2.05) is 0 Å². The lowest BCUT2D eigenvalue weighted by molar-refractivity contribution is 0.249. The fourth-order valence-electron chi connectivity index (χ4n) is 2.93. The maximum atomic E-state index is 6.24. The van der Waals surface area contributed by atoms with Gasteiger partial charge in [-0.2, -0.15) is 0 Å². The van der Waals surface area contributed by atoms with Crippen LogP contribution < -0.4 is 10.6 Å². The van der Waals surface area contributed by atoms with E-state index in [4.69, 9.17) is 5.73 Å². The first kappa shape index (κ1) is 14.4. The van der Waals surface area contributed by atoms with Gasteiger partial charge in [0.05, 0.1) is 0 Å². The van der Waals surface area contributed by atoms with E-state index in [0.717, 1.165) is 25.6 Å². The Kier molecular flexibility index (Phi) is 4.83. The number of hydrogen-bond acceptors (Lipinski definition) is 3. The van der Waals surface area contributed by atoms with E-state index in [1.54, 1.807) is 0 Å². The molecule has 0 spiro atoms. The van der Waals surface area contributed by atoms with Crippen molar-refractivity contribution in [2.75, 3.05) is 32.1 Å². The van der Waals surface area contributed by atoms with Gasteiger partial charge in [0.1, 0.15) is 0 Å². The molecule has 0 bridgehead atoms. The van der Waals surface area contributed by atoms with Crippen molar-refractivity contribution >= 4 is 5.69 Å². The highest BCUT2D eigenvalue weighted by atomic mass is 15.2. The van der Waals surface area contributed by atoms with Crippen LogP contribution in [0.4, 0.5) is 5.69 Å². The van der Waals surface area contributed by atoms with Gasteiger partial charge in [0.25, 0.3) is 0 Å². The van der Waals surface area contributed by atoms with Crippen molar-refractivity contribution in [3.63, 3.8) is 0 Å². The highest BCUT2D eigenvalue weighted by Gasteiger charge is 2.22. The largest absolute Gasteiger partial charge is 0.371 e. The number of nitrogens with two attached hydrogens (primary N) is 1. The molecular weight excluding hydrogens is 234 g/mol. The quantitative estimate of drug-likeness (QED) is 0.904. The van der Waals surface area contributed by atoms with Gasteiger partial charge in [-0.25, -0.2) is 0 Å². The first-order valence-corrected chi connectivity index (χ1v) is 7.39. The number of nitrogens with zero attached hydrogens (tertiary/aromatic N) is 2. The van der Waals surface area contributed by atoms with Crippen molar-refractivity contribution in [2.45, 2.75) is 38.3 Å². The van der Waals surface area contributed by atoms with Crippen LogP contribution in [0.25, 0.3) is 0 Å². The molecular formula is C16H27N3. The Morgan fingerprint density at radius 2 is 1.89 bits per heavy atom. The Labute approximate surface area is 117 Å². The van der Waals surface area contributed by atoms with Crippen LogP contribution in [0, 0.1) is 0 Å². The lowest BCUT2D eigenvalue weighted by atomic mass is 9.99. The van der Waals surface area contributed by atoms with Crippen molar-refractivity contribution in [1.29, 1.82) is 0 Å². The van der Waals surface area contributed by atoms with Crippen LogP contribution in [0.1, 0.15) is 37.8 Å². The zero-order chi connectivity index (χ0) is 13.8. The summed E-state index contributed by atoms with van der Waals surface area (Å²) < 4.78 is 0. The highest BCUT2D eigenvalue weighted by molar-refractivity contribution is 5.55. The second kappa shape index (κ2) is 6.40. The summed E-state index contributed by atoms with van der Waals surface area (Å²) in [5, 5.41) is 0. The molecule has 3 nitrogen and oxygen atoms in total. The third-order valence-electron chi connectivity index (χ3n) is 4.31. The van der Waals surface area contributed by atoms with E-state index < -0.39 is 0 Å². The van der Waals surface area contributed by atoms with Crippen LogP contribution in [0.5, 0.6) is 0 Å². The normalized spacial score (nSPS) is 18.9. The van der Waals surface area contributed by atoms with E-state index in [1.165, 1.54) is 24.1 Å². The summed E-state index contributed by atoms with van der Waals surface area (Å²) >= 11 is 0. The minimum absolute atomic E-state index is 0.155. The van der Waals surface area contributed by atoms with Gasteiger partial charge in [-0.1, -0.05) is 25.1 Å². The average Bonchev–Trinajstić information content (AvgIpc) is 2.46. The topological polar surface area (TPSA) is 32.5 Å². The van der Waals surface area contributed by atoms with Gasteiger partial charge in [-0.05, 0) is 45.0 Å². The molecule has 2 N–H and O–H groups in total. The third kappa shape index (κ3) is 3.28. The molecule has 1 fully saturated rings. The number of anilines is 1. The first-order valence-electron chi connectivity index (χ1n) is 7.39. The van der Waals surface area contributed by atoms with E-state index in [9.17, 15) is 0 Å². The predicted molar refractivity (Wildman–Crippen MR) is 82.6 cm³/mol. The zero-order valence-electron chi connectivity index (χ0n) is 12.5. The Bertz CT molecular complexity index is 395. The second-order valence-electron chi connectivity index (χ2n) is 5.76. The number of hydrogen-bond donors (Lipinski definition) is 1. The Morgan fingerprint density at radius 3 is 2.47 bits per heavy atom. The van der Waals surface area contributed by atoms with Crippen molar-refractivity contribution < 1.29 is 0 Å². The van der Waals surface area contributed by atoms with Crippen LogP contribution in [-0.4, -0.2) is 38.1 Å². The molecule has 0 aliphatic carbocycles. The first-order chi connectivity index (χ1) is 9.13. The zero-order valence-corrected chi connectivity index (χ0v) is 12.5. The summed E-state index contributed by atoms with van der Waals surface area (Å²) in [5.41, 5.74) is 8.88. The van der Waals surface area contributed by atoms with Crippen LogP contribution in [0.15, 0.2) is 24.3 Å². The number of para-hydroxylation sites is 1. The fourth-order valence-corrected chi connectivity index (χ4v) is 2.93. The summed E-state index contributed by atoms with van der Waals surface area (Å²) in [6.45, 7) is 4.42. The molecule has 0 radical (unpaired) electrons. The molecule has 1 aliphatic rings. The minimum atomic E-state index is 0.155. The highest BCUT2D eigenvalue weighted by Crippen LogP contribution is 2.29. The van der Waals surface area contributed by atoms with Gasteiger partial charge in [0.15, 0.2) is 0 Å². The molecule has 0 unspecified atom stereocenters. The number of piperidine rings is 1. The van der Waals surface area contributed by atoms with Crippen LogP contribution in [0.2, 0.25) is 0 Å². The number of benzene rings is 1. The van der Waals surface area contributed by atoms with Crippen LogP contribution in [0.3, 0.4) is 0 Å². The molecule has 106 valence electrons. The van der Waals surface area contributed by atoms with Gasteiger partial charge in [-0.15, -0.1) is 0 Å². The molecule has 0 saturated carbocycles. The monoisotopic (exact) mass is 261 g/mol. The smallest absolute Gasteiger partial charge is 0.0414 e. The SMILES string of the molecule is CC[C@@H](N)c1ccccc1N1CCC(N(C)C)CC1. The standard InChI is InChI=1S/C16H27N3/c1-4-15(17)14-7-5-6-8-16(14)19-11-9-13(10-12-19)18(2)3/h5-8,13,15H,4,9-12,17H2,1-3H3/t15-/m1/s1. The maximum absolute atomic E-state index is 6.24. The van der Waals surface area contributed by atoms with E-state index in [-0.39, 0.29) is 6.04 Å². The molecule has 0 amide bonds. The molecule has 19 heavy (non-hydrogen) atoms. The van der Waals surface area contributed by atoms with E-state index in [2.05, 4.69) is 55.1 Å². The minimum Gasteiger partial charge on any atom is -0.371 e. The fraction of sp³-hybridized carbons (Fsp3) is 0.625. The molecule has 1 atom stereocenters. The van der Waals surface area contributed by atoms with Crippen molar-refractivity contribution in [1.82, 2.24) is 4.90 Å². The van der Waals surface area contributed by atoms with Crippen molar-refractivity contribution in [2.24, 2.45) is 5.73 Å². The molecule has 1 heterocycles. The molecule has 3 heteroatoms. The maximum Gasteiger partial charge on any atom is 0.0414 e. The van der Waals surface area contributed by atoms with Gasteiger partial charge < -0.3 is 15.5 Å². The van der Waals surface area contributed by atoms with Crippen molar-refractivity contribution in [3.05, 3.63) is 29.8 Å². The molecule has 0 aromatic heterocycles. The molecule has 1 aromatic carbocycles. The Hall–Kier alpha value is -1.06. The van der Waals surface area contributed by atoms with Gasteiger partial charge in [0, 0.05) is 30.9 Å². The lowest BCUT2D eigenvalue weighted by Crippen LogP contribution is -2.42. The molecule has 1 saturated heterocycles. The van der Waals surface area contributed by atoms with Gasteiger partial charge in [0.2, 0.25) is 0 Å². The molecule has 1 aliphatic heterocycles. The lowest BCUT2D eigenvalue weighted by Gasteiger charge is -2.37. The average molecular weight is 261 g/mol. The van der Waals surface area contributed by atoms with Gasteiger partial charge in [-0.3, -0.25) is 0 Å². The Morgan fingerprint density at radius 1 is 1.26 bits per heavy atom. The second-order valence-corrected chi connectivity index (χ2v) is 5.76. The molecule has 1 aromatic rings.